The molecule has 2 aromatic rings. The topological polar surface area (TPSA) is 95.2 Å². The molecule has 6 heteroatoms. The number of anilines is 1. The molecule has 2 aromatic heterocycles. The van der Waals surface area contributed by atoms with E-state index in [1.165, 1.54) is 36.8 Å². The molecule has 0 spiro atoms. The Morgan fingerprint density at radius 2 is 1.78 bits per heavy atom. The molecule has 2 heterocycles. The van der Waals surface area contributed by atoms with Crippen molar-refractivity contribution >= 4 is 17.8 Å². The van der Waals surface area contributed by atoms with Gasteiger partial charge in [-0.3, -0.25) is 4.98 Å². The van der Waals surface area contributed by atoms with Crippen molar-refractivity contribution in [1.29, 1.82) is 0 Å². The number of hydrogen-bond acceptors (Lipinski definition) is 6. The number of carbonyl (C=O) groups excluding carboxylic acids is 2. The summed E-state index contributed by atoms with van der Waals surface area (Å²) in [7, 11) is 0. The Balaban J connectivity index is 2.08. The number of nitrogens with zero attached hydrogens (tertiary/aromatic N) is 2. The van der Waals surface area contributed by atoms with E-state index in [9.17, 15) is 9.59 Å². The second-order valence-electron chi connectivity index (χ2n) is 3.39. The lowest BCUT2D eigenvalue weighted by Gasteiger charge is -2.02. The van der Waals surface area contributed by atoms with Gasteiger partial charge in [0.15, 0.2) is 0 Å². The van der Waals surface area contributed by atoms with E-state index in [-0.39, 0.29) is 16.9 Å². The normalized spacial score (nSPS) is 9.78. The number of rotatable bonds is 2. The second kappa shape index (κ2) is 5.05. The van der Waals surface area contributed by atoms with E-state index < -0.39 is 11.9 Å². The smallest absolute Gasteiger partial charge is 0.347 e. The van der Waals surface area contributed by atoms with Gasteiger partial charge >= 0.3 is 11.9 Å². The largest absolute Gasteiger partial charge is 0.386 e. The van der Waals surface area contributed by atoms with Gasteiger partial charge in [0.2, 0.25) is 0 Å². The summed E-state index contributed by atoms with van der Waals surface area (Å²) in [6.07, 6.45) is 4.08. The molecule has 0 aliphatic rings. The molecule has 0 bridgehead atoms. The van der Waals surface area contributed by atoms with Gasteiger partial charge in [-0.15, -0.1) is 0 Å². The molecule has 90 valence electrons. The average Bonchev–Trinajstić information content (AvgIpc) is 2.40. The first-order valence-corrected chi connectivity index (χ1v) is 5.05. The van der Waals surface area contributed by atoms with Crippen molar-refractivity contribution < 1.29 is 14.3 Å². The molecule has 0 atom stereocenters. The zero-order chi connectivity index (χ0) is 13.0. The Bertz CT molecular complexity index is 567. The van der Waals surface area contributed by atoms with Crippen LogP contribution in [0.2, 0.25) is 0 Å². The highest BCUT2D eigenvalue weighted by molar-refractivity contribution is 6.02. The van der Waals surface area contributed by atoms with Crippen LogP contribution in [0.15, 0.2) is 42.9 Å². The SMILES string of the molecule is Nc1ccc(C(=O)OC(=O)c2cccnc2)cn1. The monoisotopic (exact) mass is 243 g/mol. The molecular weight excluding hydrogens is 234 g/mol. The third kappa shape index (κ3) is 2.67. The van der Waals surface area contributed by atoms with Crippen LogP contribution in [0.25, 0.3) is 0 Å². The molecule has 0 amide bonds. The van der Waals surface area contributed by atoms with Crippen LogP contribution >= 0.6 is 0 Å². The van der Waals surface area contributed by atoms with Crippen LogP contribution in [0.3, 0.4) is 0 Å². The quantitative estimate of drug-likeness (QED) is 0.625. The molecule has 0 unspecified atom stereocenters. The molecule has 2 rings (SSSR count). The molecule has 0 aromatic carbocycles. The zero-order valence-corrected chi connectivity index (χ0v) is 9.24. The first-order valence-electron chi connectivity index (χ1n) is 5.05. The van der Waals surface area contributed by atoms with Gasteiger partial charge < -0.3 is 10.5 Å². The number of nitrogen functional groups attached to an aromatic ring is 1. The van der Waals surface area contributed by atoms with Crippen LogP contribution in [0.5, 0.6) is 0 Å². The zero-order valence-electron chi connectivity index (χ0n) is 9.24. The summed E-state index contributed by atoms with van der Waals surface area (Å²) in [4.78, 5) is 30.7. The molecule has 0 radical (unpaired) electrons. The maximum Gasteiger partial charge on any atom is 0.347 e. The third-order valence-corrected chi connectivity index (χ3v) is 2.10. The van der Waals surface area contributed by atoms with Crippen molar-refractivity contribution in [3.05, 3.63) is 54.0 Å². The first kappa shape index (κ1) is 11.7. The summed E-state index contributed by atoms with van der Waals surface area (Å²) in [5.74, 6) is -1.26. The summed E-state index contributed by atoms with van der Waals surface area (Å²) in [5, 5.41) is 0. The number of aromatic nitrogens is 2. The van der Waals surface area contributed by atoms with Gasteiger partial charge in [0, 0.05) is 18.6 Å². The predicted molar refractivity (Wildman–Crippen MR) is 62.6 cm³/mol. The van der Waals surface area contributed by atoms with Crippen molar-refractivity contribution in [3.8, 4) is 0 Å². The molecule has 6 nitrogen and oxygen atoms in total. The highest BCUT2D eigenvalue weighted by Gasteiger charge is 2.14. The van der Waals surface area contributed by atoms with E-state index in [0.29, 0.717) is 0 Å². The minimum atomic E-state index is -0.781. The molecule has 18 heavy (non-hydrogen) atoms. The van der Waals surface area contributed by atoms with Gasteiger partial charge in [-0.25, -0.2) is 14.6 Å². The van der Waals surface area contributed by atoms with E-state index >= 15 is 0 Å². The van der Waals surface area contributed by atoms with E-state index in [4.69, 9.17) is 5.73 Å². The maximum absolute atomic E-state index is 11.6. The lowest BCUT2D eigenvalue weighted by atomic mass is 10.2. The fraction of sp³-hybridized carbons (Fsp3) is 0. The molecule has 0 aliphatic carbocycles. The number of carbonyl (C=O) groups is 2. The lowest BCUT2D eigenvalue weighted by Crippen LogP contribution is -2.13. The second-order valence-corrected chi connectivity index (χ2v) is 3.39. The fourth-order valence-electron chi connectivity index (χ4n) is 1.21. The number of hydrogen-bond donors (Lipinski definition) is 1. The fourth-order valence-corrected chi connectivity index (χ4v) is 1.21. The predicted octanol–water partition coefficient (Wildman–Crippen LogP) is 1.06. The van der Waals surface area contributed by atoms with E-state index in [1.807, 2.05) is 0 Å². The van der Waals surface area contributed by atoms with Crippen LogP contribution in [0, 0.1) is 0 Å². The van der Waals surface area contributed by atoms with Crippen LogP contribution in [0.4, 0.5) is 5.82 Å². The maximum atomic E-state index is 11.6. The third-order valence-electron chi connectivity index (χ3n) is 2.10. The van der Waals surface area contributed by atoms with Crippen molar-refractivity contribution in [2.75, 3.05) is 5.73 Å². The molecule has 2 N–H and O–H groups in total. The first-order chi connectivity index (χ1) is 8.66. The minimum Gasteiger partial charge on any atom is -0.386 e. The van der Waals surface area contributed by atoms with Gasteiger partial charge in [-0.1, -0.05) is 0 Å². The Kier molecular flexibility index (Phi) is 3.29. The van der Waals surface area contributed by atoms with Gasteiger partial charge in [0.05, 0.1) is 11.1 Å². The van der Waals surface area contributed by atoms with E-state index in [0.717, 1.165) is 0 Å². The number of pyridine rings is 2. The molecule has 0 fully saturated rings. The number of nitrogens with two attached hydrogens (primary N) is 1. The van der Waals surface area contributed by atoms with E-state index in [1.54, 1.807) is 6.07 Å². The van der Waals surface area contributed by atoms with Crippen molar-refractivity contribution in [2.24, 2.45) is 0 Å². The Labute approximate surface area is 102 Å². The highest BCUT2D eigenvalue weighted by atomic mass is 16.6. The van der Waals surface area contributed by atoms with Gasteiger partial charge in [0.1, 0.15) is 5.82 Å². The summed E-state index contributed by atoms with van der Waals surface area (Å²) in [5.41, 5.74) is 5.74. The summed E-state index contributed by atoms with van der Waals surface area (Å²) >= 11 is 0. The van der Waals surface area contributed by atoms with Crippen LogP contribution in [-0.2, 0) is 4.74 Å². The molecule has 0 saturated heterocycles. The Morgan fingerprint density at radius 1 is 1.06 bits per heavy atom. The average molecular weight is 243 g/mol. The van der Waals surface area contributed by atoms with Gasteiger partial charge in [0.25, 0.3) is 0 Å². The Hall–Kier alpha value is -2.76. The van der Waals surface area contributed by atoms with Crippen LogP contribution in [0.1, 0.15) is 20.7 Å². The number of esters is 2. The van der Waals surface area contributed by atoms with Gasteiger partial charge in [-0.2, -0.15) is 0 Å². The van der Waals surface area contributed by atoms with Gasteiger partial charge in [-0.05, 0) is 24.3 Å². The molecule has 0 saturated carbocycles. The Morgan fingerprint density at radius 3 is 2.33 bits per heavy atom. The van der Waals surface area contributed by atoms with Crippen molar-refractivity contribution in [1.82, 2.24) is 9.97 Å². The summed E-state index contributed by atoms with van der Waals surface area (Å²) < 4.78 is 4.66. The molecule has 0 aliphatic heterocycles. The minimum absolute atomic E-state index is 0.154. The number of ether oxygens (including phenoxy) is 1. The van der Waals surface area contributed by atoms with Crippen LogP contribution in [-0.4, -0.2) is 21.9 Å². The van der Waals surface area contributed by atoms with Crippen LogP contribution < -0.4 is 5.73 Å². The molecular formula is C12H9N3O3. The standard InChI is InChI=1S/C12H9N3O3/c13-10-4-3-9(7-15-10)12(17)18-11(16)8-2-1-5-14-6-8/h1-7H,(H2,13,15). The van der Waals surface area contributed by atoms with Crippen molar-refractivity contribution in [2.45, 2.75) is 0 Å². The van der Waals surface area contributed by atoms with E-state index in [2.05, 4.69) is 14.7 Å². The lowest BCUT2D eigenvalue weighted by molar-refractivity contribution is 0.0397. The summed E-state index contributed by atoms with van der Waals surface area (Å²) in [6, 6.07) is 5.96. The van der Waals surface area contributed by atoms with Crippen molar-refractivity contribution in [3.63, 3.8) is 0 Å². The highest BCUT2D eigenvalue weighted by Crippen LogP contribution is 2.06. The summed E-state index contributed by atoms with van der Waals surface area (Å²) in [6.45, 7) is 0.